The van der Waals surface area contributed by atoms with Gasteiger partial charge in [-0.3, -0.25) is 4.98 Å². The summed E-state index contributed by atoms with van der Waals surface area (Å²) >= 11 is 0. The molecule has 0 saturated carbocycles. The van der Waals surface area contributed by atoms with Gasteiger partial charge in [0.15, 0.2) is 23.0 Å². The lowest BCUT2D eigenvalue weighted by Crippen LogP contribution is -1.98. The van der Waals surface area contributed by atoms with Crippen molar-refractivity contribution in [2.75, 3.05) is 28.1 Å². The van der Waals surface area contributed by atoms with Crippen molar-refractivity contribution in [2.24, 2.45) is 0 Å². The molecule has 2 aromatic carbocycles. The van der Waals surface area contributed by atoms with Crippen LogP contribution in [0.5, 0.6) is 28.7 Å². The minimum Gasteiger partial charge on any atom is -0.493 e. The molecule has 0 spiro atoms. The van der Waals surface area contributed by atoms with Gasteiger partial charge in [-0.2, -0.15) is 0 Å². The van der Waals surface area contributed by atoms with Gasteiger partial charge in [0.1, 0.15) is 0 Å². The molecule has 1 aliphatic heterocycles. The van der Waals surface area contributed by atoms with Gasteiger partial charge in [0.2, 0.25) is 12.5 Å². The lowest BCUT2D eigenvalue weighted by Gasteiger charge is -2.16. The molecule has 0 fully saturated rings. The molecule has 2 heterocycles. The van der Waals surface area contributed by atoms with E-state index in [1.165, 1.54) is 5.56 Å². The van der Waals surface area contributed by atoms with Gasteiger partial charge in [0, 0.05) is 18.0 Å². The topological polar surface area (TPSA) is 59.0 Å². The summed E-state index contributed by atoms with van der Waals surface area (Å²) < 4.78 is 27.9. The Morgan fingerprint density at radius 2 is 1.78 bits per heavy atom. The fourth-order valence-corrected chi connectivity index (χ4v) is 3.90. The number of rotatable bonds is 3. The minimum atomic E-state index is 0. The van der Waals surface area contributed by atoms with Crippen LogP contribution < -0.4 is 23.7 Å². The van der Waals surface area contributed by atoms with Crippen LogP contribution in [0.2, 0.25) is 0 Å². The Bertz CT molecular complexity index is 1070. The molecular weight excluding hydrogens is 370 g/mol. The van der Waals surface area contributed by atoms with E-state index < -0.39 is 0 Å². The molecule has 140 valence electrons. The number of fused-ring (bicyclic) bond motifs is 7. The van der Waals surface area contributed by atoms with E-state index in [0.29, 0.717) is 17.2 Å². The van der Waals surface area contributed by atoms with Crippen LogP contribution >= 0.6 is 12.4 Å². The van der Waals surface area contributed by atoms with Crippen molar-refractivity contribution in [3.05, 3.63) is 35.5 Å². The summed E-state index contributed by atoms with van der Waals surface area (Å²) in [5.41, 5.74) is 4.24. The molecule has 0 radical (unpaired) electrons. The Balaban J connectivity index is 0.00000180. The summed E-state index contributed by atoms with van der Waals surface area (Å²) in [7, 11) is 4.84. The van der Waals surface area contributed by atoms with Gasteiger partial charge < -0.3 is 23.7 Å². The molecule has 5 rings (SSSR count). The Hall–Kier alpha value is -2.86. The standard InChI is InChI=1S/C20H17NO5.ClH/c1-22-15-7-11-12-6-10-4-5-14-19(26-9-25-14)16(10)17(12)21-8-13(11)18(23-2)20(15)24-3;/h4-5,7-8H,6,9H2,1-3H3;1H. The summed E-state index contributed by atoms with van der Waals surface area (Å²) in [6, 6.07) is 6.02. The quantitative estimate of drug-likeness (QED) is 0.530. The van der Waals surface area contributed by atoms with Crippen LogP contribution in [0.25, 0.3) is 22.0 Å². The average molecular weight is 388 g/mol. The van der Waals surface area contributed by atoms with E-state index in [2.05, 4.69) is 6.07 Å². The highest BCUT2D eigenvalue weighted by atomic mass is 35.5. The average Bonchev–Trinajstić information content (AvgIpc) is 3.29. The third kappa shape index (κ3) is 2.29. The molecule has 2 aliphatic rings. The van der Waals surface area contributed by atoms with Crippen LogP contribution in [0, 0.1) is 0 Å². The molecule has 6 nitrogen and oxygen atoms in total. The van der Waals surface area contributed by atoms with Gasteiger partial charge >= 0.3 is 0 Å². The highest BCUT2D eigenvalue weighted by Crippen LogP contribution is 2.52. The van der Waals surface area contributed by atoms with Crippen molar-refractivity contribution < 1.29 is 23.7 Å². The number of methoxy groups -OCH3 is 3. The van der Waals surface area contributed by atoms with Gasteiger partial charge in [0.25, 0.3) is 0 Å². The first-order valence-corrected chi connectivity index (χ1v) is 8.29. The summed E-state index contributed by atoms with van der Waals surface area (Å²) in [4.78, 5) is 4.73. The largest absolute Gasteiger partial charge is 0.493 e. The first-order chi connectivity index (χ1) is 12.8. The smallest absolute Gasteiger partial charge is 0.231 e. The molecule has 1 aliphatic carbocycles. The fraction of sp³-hybridized carbons (Fsp3) is 0.250. The number of hydrogen-bond donors (Lipinski definition) is 0. The monoisotopic (exact) mass is 387 g/mol. The Kier molecular flexibility index (Phi) is 4.15. The number of halogens is 1. The number of aromatic nitrogens is 1. The lowest BCUT2D eigenvalue weighted by molar-refractivity contribution is 0.174. The molecule has 3 aromatic rings. The van der Waals surface area contributed by atoms with Crippen LogP contribution in [0.15, 0.2) is 24.4 Å². The predicted molar refractivity (Wildman–Crippen MR) is 103 cm³/mol. The predicted octanol–water partition coefficient (Wildman–Crippen LogP) is 3.98. The zero-order chi connectivity index (χ0) is 17.8. The lowest BCUT2D eigenvalue weighted by atomic mass is 10.0. The van der Waals surface area contributed by atoms with Crippen LogP contribution in [-0.4, -0.2) is 33.1 Å². The molecule has 0 bridgehead atoms. The highest BCUT2D eigenvalue weighted by molar-refractivity contribution is 6.00. The minimum absolute atomic E-state index is 0. The molecule has 27 heavy (non-hydrogen) atoms. The van der Waals surface area contributed by atoms with Crippen molar-refractivity contribution >= 4 is 23.2 Å². The number of nitrogens with zero attached hydrogens (tertiary/aromatic N) is 1. The van der Waals surface area contributed by atoms with Gasteiger partial charge in [-0.15, -0.1) is 12.4 Å². The van der Waals surface area contributed by atoms with E-state index in [1.807, 2.05) is 18.3 Å². The van der Waals surface area contributed by atoms with Gasteiger partial charge in [-0.1, -0.05) is 6.07 Å². The van der Waals surface area contributed by atoms with Crippen LogP contribution in [0.4, 0.5) is 0 Å². The molecule has 0 saturated heterocycles. The molecular formula is C20H18ClNO5. The van der Waals surface area contributed by atoms with E-state index in [4.69, 9.17) is 28.7 Å². The van der Waals surface area contributed by atoms with Gasteiger partial charge in [-0.05, 0) is 28.6 Å². The second-order valence-corrected chi connectivity index (χ2v) is 6.20. The second kappa shape index (κ2) is 6.39. The number of benzene rings is 2. The Labute approximate surface area is 162 Å². The number of hydrogen-bond acceptors (Lipinski definition) is 6. The third-order valence-corrected chi connectivity index (χ3v) is 5.03. The van der Waals surface area contributed by atoms with Crippen LogP contribution in [-0.2, 0) is 6.42 Å². The summed E-state index contributed by atoms with van der Waals surface area (Å²) in [5.74, 6) is 3.37. The zero-order valence-electron chi connectivity index (χ0n) is 15.1. The van der Waals surface area contributed by atoms with Crippen molar-refractivity contribution in [3.8, 4) is 40.0 Å². The van der Waals surface area contributed by atoms with Crippen LogP contribution in [0.1, 0.15) is 11.1 Å². The van der Waals surface area contributed by atoms with Crippen LogP contribution in [0.3, 0.4) is 0 Å². The van der Waals surface area contributed by atoms with Gasteiger partial charge in [-0.25, -0.2) is 0 Å². The van der Waals surface area contributed by atoms with E-state index in [0.717, 1.165) is 45.5 Å². The SMILES string of the molecule is COc1cc2c3c(ncc2c(OC)c1OC)-c1c(ccc2c1OCO2)C3.Cl. The molecule has 0 atom stereocenters. The maximum Gasteiger partial charge on any atom is 0.231 e. The first kappa shape index (κ1) is 17.5. The van der Waals surface area contributed by atoms with Crippen molar-refractivity contribution in [2.45, 2.75) is 6.42 Å². The highest BCUT2D eigenvalue weighted by Gasteiger charge is 2.31. The Morgan fingerprint density at radius 3 is 2.52 bits per heavy atom. The maximum absolute atomic E-state index is 5.70. The Morgan fingerprint density at radius 1 is 0.963 bits per heavy atom. The first-order valence-electron chi connectivity index (χ1n) is 8.29. The van der Waals surface area contributed by atoms with E-state index >= 15 is 0 Å². The van der Waals surface area contributed by atoms with E-state index in [9.17, 15) is 0 Å². The second-order valence-electron chi connectivity index (χ2n) is 6.20. The van der Waals surface area contributed by atoms with Crippen molar-refractivity contribution in [3.63, 3.8) is 0 Å². The number of ether oxygens (including phenoxy) is 5. The fourth-order valence-electron chi connectivity index (χ4n) is 3.90. The van der Waals surface area contributed by atoms with Gasteiger partial charge in [0.05, 0.1) is 32.6 Å². The van der Waals surface area contributed by atoms with E-state index in [1.54, 1.807) is 21.3 Å². The van der Waals surface area contributed by atoms with Crippen molar-refractivity contribution in [1.29, 1.82) is 0 Å². The molecule has 7 heteroatoms. The molecule has 0 N–H and O–H groups in total. The zero-order valence-corrected chi connectivity index (χ0v) is 15.9. The van der Waals surface area contributed by atoms with E-state index in [-0.39, 0.29) is 19.2 Å². The summed E-state index contributed by atoms with van der Waals surface area (Å²) in [6.07, 6.45) is 2.59. The number of pyridine rings is 1. The third-order valence-electron chi connectivity index (χ3n) is 5.03. The summed E-state index contributed by atoms with van der Waals surface area (Å²) in [6.45, 7) is 0.244. The molecule has 0 amide bonds. The molecule has 1 aromatic heterocycles. The van der Waals surface area contributed by atoms with Crippen molar-refractivity contribution in [1.82, 2.24) is 4.98 Å². The normalized spacial score (nSPS) is 13.0. The summed E-state index contributed by atoms with van der Waals surface area (Å²) in [5, 5.41) is 1.93. The molecule has 0 unspecified atom stereocenters. The maximum atomic E-state index is 5.70.